The van der Waals surface area contributed by atoms with Crippen molar-refractivity contribution in [3.05, 3.63) is 241 Å². The Bertz CT molecular complexity index is 6680. The predicted molar refractivity (Wildman–Crippen MR) is 482 cm³/mol. The van der Waals surface area contributed by atoms with Gasteiger partial charge in [-0.05, 0) is 145 Å². The Labute approximate surface area is 731 Å². The first kappa shape index (κ1) is 89.8. The van der Waals surface area contributed by atoms with E-state index in [1.54, 1.807) is 84.1 Å². The van der Waals surface area contributed by atoms with E-state index in [2.05, 4.69) is 141 Å². The summed E-state index contributed by atoms with van der Waals surface area (Å²) in [6.07, 6.45) is 12.1. The monoisotopic (exact) mass is 1820 g/mol. The summed E-state index contributed by atoms with van der Waals surface area (Å²) in [5, 5.41) is 61.6. The van der Waals surface area contributed by atoms with Crippen molar-refractivity contribution >= 4 is 145 Å². The Hall–Kier alpha value is -14.9. The second-order valence-electron chi connectivity index (χ2n) is 27.8. The van der Waals surface area contributed by atoms with Gasteiger partial charge in [0.25, 0.3) is 0 Å². The lowest BCUT2D eigenvalue weighted by Crippen LogP contribution is -2.23. The van der Waals surface area contributed by atoms with Gasteiger partial charge >= 0.3 is 0 Å². The molecule has 0 radical (unpaired) electrons. The van der Waals surface area contributed by atoms with Gasteiger partial charge in [-0.25, -0.2) is 94.1 Å². The summed E-state index contributed by atoms with van der Waals surface area (Å²) < 4.78 is 96.6. The summed E-state index contributed by atoms with van der Waals surface area (Å²) in [7, 11) is -15.0. The fraction of sp³-hybridized carbons (Fsp3) is 0.169. The molecule has 127 heavy (non-hydrogen) atoms. The summed E-state index contributed by atoms with van der Waals surface area (Å²) in [4.78, 5) is 54.2. The molecule has 0 saturated heterocycles. The molecule has 50 heteroatoms. The molecule has 45 nitrogen and oxygen atoms in total. The van der Waals surface area contributed by atoms with Crippen LogP contribution in [0, 0.1) is 5.92 Å². The minimum absolute atomic E-state index is 0.00152. The fourth-order valence-corrected chi connectivity index (χ4v) is 15.1. The van der Waals surface area contributed by atoms with Crippen molar-refractivity contribution in [1.82, 2.24) is 98.9 Å². The van der Waals surface area contributed by atoms with Gasteiger partial charge < -0.3 is 70.8 Å². The number of nitrogens with one attached hydrogen (secondary N) is 7. The van der Waals surface area contributed by atoms with Crippen LogP contribution in [0.5, 0.6) is 0 Å². The van der Waals surface area contributed by atoms with E-state index in [1.165, 1.54) is 135 Å². The van der Waals surface area contributed by atoms with Crippen LogP contribution in [0.4, 0.5) is 93.6 Å². The maximum Gasteiger partial charge on any atom is 0.248 e. The van der Waals surface area contributed by atoms with Crippen molar-refractivity contribution in [2.45, 2.75) is 77.7 Å². The average Bonchev–Trinajstić information content (AvgIpc) is 1.79. The van der Waals surface area contributed by atoms with Gasteiger partial charge in [-0.1, -0.05) is 86.0 Å². The Balaban J connectivity index is 0.000000145. The fourth-order valence-electron chi connectivity index (χ4n) is 12.4. The smallest absolute Gasteiger partial charge is 0.248 e. The van der Waals surface area contributed by atoms with E-state index in [1.807, 2.05) is 66.0 Å². The molecule has 9 aromatic heterocycles. The van der Waals surface area contributed by atoms with Gasteiger partial charge in [-0.15, -0.1) is 31.7 Å². The lowest BCUT2D eigenvalue weighted by molar-refractivity contribution is 0.373. The van der Waals surface area contributed by atoms with Crippen LogP contribution >= 0.6 is 11.3 Å². The van der Waals surface area contributed by atoms with Crippen molar-refractivity contribution in [3.63, 3.8) is 0 Å². The van der Waals surface area contributed by atoms with E-state index in [4.69, 9.17) is 49.2 Å². The number of hydrogen-bond donors (Lipinski definition) is 16. The Morgan fingerprint density at radius 2 is 0.787 bits per heavy atom. The number of rotatable bonds is 30. The molecule has 0 amide bonds. The molecule has 6 aromatic carbocycles. The number of primary sulfonamides is 4. The number of anilines is 16. The van der Waals surface area contributed by atoms with Crippen molar-refractivity contribution in [2.24, 2.45) is 32.2 Å². The zero-order valence-electron chi connectivity index (χ0n) is 67.5. The molecule has 25 N–H and O–H groups in total. The minimum atomic E-state index is -3.77. The first-order chi connectivity index (χ1) is 60.9. The lowest BCUT2D eigenvalue weighted by atomic mass is 9.89. The Morgan fingerprint density at radius 3 is 1.16 bits per heavy atom. The van der Waals surface area contributed by atoms with Crippen LogP contribution in [0.2, 0.25) is 0 Å². The van der Waals surface area contributed by atoms with Crippen molar-refractivity contribution in [1.29, 1.82) is 0 Å². The van der Waals surface area contributed by atoms with Crippen LogP contribution in [0.3, 0.4) is 0 Å². The van der Waals surface area contributed by atoms with Crippen LogP contribution in [0.1, 0.15) is 61.1 Å². The highest BCUT2D eigenvalue weighted by Crippen LogP contribution is 2.29. The van der Waals surface area contributed by atoms with Gasteiger partial charge in [-0.2, -0.15) is 38.7 Å². The van der Waals surface area contributed by atoms with Crippen LogP contribution in [-0.2, 0) is 53.2 Å². The largest absolute Gasteiger partial charge is 0.370 e. The first-order valence-electron chi connectivity index (χ1n) is 38.5. The third kappa shape index (κ3) is 25.0. The summed E-state index contributed by atoms with van der Waals surface area (Å²) in [5.41, 5.74) is 34.5. The van der Waals surface area contributed by atoms with Crippen molar-refractivity contribution in [3.8, 4) is 23.3 Å². The summed E-state index contributed by atoms with van der Waals surface area (Å²) in [5.74, 6) is 6.49. The van der Waals surface area contributed by atoms with Gasteiger partial charge in [0.1, 0.15) is 48.6 Å². The lowest BCUT2D eigenvalue weighted by Gasteiger charge is -2.22. The van der Waals surface area contributed by atoms with Gasteiger partial charge in [0.15, 0.2) is 23.3 Å². The zero-order valence-corrected chi connectivity index (χ0v) is 71.6. The zero-order chi connectivity index (χ0) is 89.8. The highest BCUT2D eigenvalue weighted by Gasteiger charge is 2.22. The number of nitrogens with two attached hydrogens (primary N) is 9. The molecule has 0 bridgehead atoms. The van der Waals surface area contributed by atoms with E-state index >= 15 is 0 Å². The van der Waals surface area contributed by atoms with Gasteiger partial charge in [-0.3, -0.25) is 0 Å². The number of nitrogens with zero attached hydrogens (tertiary/aromatic N) is 21. The van der Waals surface area contributed by atoms with E-state index < -0.39 is 40.1 Å². The third-order valence-corrected chi connectivity index (χ3v) is 23.3. The van der Waals surface area contributed by atoms with Gasteiger partial charge in [0, 0.05) is 78.1 Å². The number of thiophene rings is 1. The SMILES string of the molecule is CCN(Cc1ccccc1)c1cc(-n2nc(Nc3ccc(S(N)(=O)=O)cc3)nc2N)ncn1.NC[C@@H](Nc1cc(-n2nc(Nc3ccc(S(N)(=O)=O)cc3)nc2N)ncn1)c1ccccc1.Nc1nc(Nc2ccc(S(N)(=O)=O)cc2)nn1-c1cc(NCC2CCCCC2)ncn1.Nc1nc(Nc2ccc(S(N)(=O)=O)cc2)nn1-c1cc(NCc2cccs2)ncn1. The van der Waals surface area contributed by atoms with Crippen LogP contribution < -0.4 is 91.3 Å². The topological polar surface area (TPSA) is 684 Å². The summed E-state index contributed by atoms with van der Waals surface area (Å²) in [6, 6.07) is 54.3. The molecular formula is C77H87N37O8S5. The van der Waals surface area contributed by atoms with E-state index in [9.17, 15) is 33.7 Å². The number of sulfonamides is 4. The highest BCUT2D eigenvalue weighted by molar-refractivity contribution is 7.90. The molecule has 1 fully saturated rings. The standard InChI is InChI=1S/C21H23N9O2S.C20H22N10O2S.C19H25N9O2S.C17H17N9O2S2/c1-2-29(13-15-6-4-3-5-7-15)18-12-19(25-14-24-18)30-20(22)27-21(28-30)26-16-8-10-17(11-9-16)33(23,31)32;21-11-16(13-4-2-1-3-5-13)27-17-10-18(25-12-24-17)30-19(22)28-20(29-30)26-14-6-8-15(9-7-14)33(23,31)32;20-18-26-19(25-14-6-8-15(9-7-14)31(21,29)30)27-28(18)17-10-16(23-12-24-17)22-11-13-4-2-1-3-5-13;18-16-24-17(23-11-3-5-13(6-4-11)30(19,27)28)25-26(16)15-8-14(21-10-22-15)20-9-12-2-1-7-29-12/h3-12,14H,2,13H2,1H3,(H2,23,31,32)(H3,22,26,27,28);1-10,12,16H,11,21H2,(H2,23,31,32)(H,24,25,27)(H3,22,26,28,29);6-10,12-13H,1-5,11H2,(H2,21,29,30)(H,22,23,24)(H3,20,25,26,27);1-8,10H,9H2,(H2,19,27,28)(H,20,21,22)(H3,18,23,24,25)/t;16-;;/m.1../s1. The van der Waals surface area contributed by atoms with E-state index in [0.717, 1.165) is 24.5 Å². The predicted octanol–water partition coefficient (Wildman–Crippen LogP) is 6.93. The molecule has 1 aliphatic carbocycles. The first-order valence-corrected chi connectivity index (χ1v) is 45.6. The highest BCUT2D eigenvalue weighted by atomic mass is 32.2. The van der Waals surface area contributed by atoms with E-state index in [-0.39, 0.29) is 73.2 Å². The molecular weight excluding hydrogens is 1730 g/mol. The molecule has 9 heterocycles. The second kappa shape index (κ2) is 40.6. The average molecular weight is 1820 g/mol. The van der Waals surface area contributed by atoms with Crippen molar-refractivity contribution in [2.75, 3.05) is 84.7 Å². The van der Waals surface area contributed by atoms with E-state index in [0.29, 0.717) is 89.0 Å². The maximum atomic E-state index is 11.4. The van der Waals surface area contributed by atoms with Crippen molar-refractivity contribution < 1.29 is 33.7 Å². The number of nitrogen functional groups attached to an aromatic ring is 4. The number of aromatic nitrogens is 20. The number of benzene rings is 6. The molecule has 1 saturated carbocycles. The number of hydrogen-bond acceptors (Lipinski definition) is 38. The molecule has 16 rings (SSSR count). The molecule has 1 atom stereocenters. The summed E-state index contributed by atoms with van der Waals surface area (Å²) in [6.45, 7) is 5.39. The molecule has 658 valence electrons. The van der Waals surface area contributed by atoms with Crippen LogP contribution in [-0.4, -0.2) is 152 Å². The van der Waals surface area contributed by atoms with Gasteiger partial charge in [0.2, 0.25) is 87.7 Å². The molecule has 0 unspecified atom stereocenters. The molecule has 0 spiro atoms. The second-order valence-corrected chi connectivity index (χ2v) is 35.1. The normalized spacial score (nSPS) is 12.5. The Kier molecular flexibility index (Phi) is 28.7. The molecule has 0 aliphatic heterocycles. The molecule has 15 aromatic rings. The summed E-state index contributed by atoms with van der Waals surface area (Å²) >= 11 is 1.65. The quantitative estimate of drug-likeness (QED) is 0.0217. The van der Waals surface area contributed by atoms with Crippen LogP contribution in [0.15, 0.2) is 244 Å². The third-order valence-electron chi connectivity index (χ3n) is 18.8. The minimum Gasteiger partial charge on any atom is -0.370 e. The van der Waals surface area contributed by atoms with Crippen LogP contribution in [0.25, 0.3) is 23.3 Å². The Morgan fingerprint density at radius 1 is 0.425 bits per heavy atom. The maximum absolute atomic E-state index is 11.4. The van der Waals surface area contributed by atoms with Gasteiger partial charge in [0.05, 0.1) is 32.2 Å². The molecule has 1 aliphatic rings.